The number of nitrogens with one attached hydrogen (secondary N) is 2. The molecule has 0 aromatic rings. The molecular weight excluding hydrogens is 224 g/mol. The van der Waals surface area contributed by atoms with Crippen molar-refractivity contribution in [1.29, 1.82) is 0 Å². The molecule has 0 heterocycles. The Morgan fingerprint density at radius 2 is 1.89 bits per heavy atom. The molecule has 18 heavy (non-hydrogen) atoms. The Balaban J connectivity index is 4.06. The molecule has 0 aromatic heterocycles. The highest BCUT2D eigenvalue weighted by Gasteiger charge is 2.13. The highest BCUT2D eigenvalue weighted by molar-refractivity contribution is 5.79. The number of likely N-dealkylation sites (N-methyl/N-ethyl adjacent to an activating group) is 1. The van der Waals surface area contributed by atoms with Crippen molar-refractivity contribution in [3.8, 4) is 0 Å². The van der Waals surface area contributed by atoms with E-state index >= 15 is 0 Å². The maximum absolute atomic E-state index is 4.25. The van der Waals surface area contributed by atoms with Gasteiger partial charge in [-0.05, 0) is 32.9 Å². The lowest BCUT2D eigenvalue weighted by atomic mass is 10.0. The molecule has 0 amide bonds. The zero-order valence-corrected chi connectivity index (χ0v) is 13.1. The summed E-state index contributed by atoms with van der Waals surface area (Å²) in [5.41, 5.74) is 0. The minimum Gasteiger partial charge on any atom is -0.356 e. The van der Waals surface area contributed by atoms with Gasteiger partial charge in [-0.15, -0.1) is 0 Å². The van der Waals surface area contributed by atoms with Crippen LogP contribution in [0.15, 0.2) is 4.99 Å². The predicted octanol–water partition coefficient (Wildman–Crippen LogP) is 1.93. The Labute approximate surface area is 113 Å². The van der Waals surface area contributed by atoms with Gasteiger partial charge < -0.3 is 15.5 Å². The van der Waals surface area contributed by atoms with Crippen molar-refractivity contribution in [2.45, 2.75) is 46.1 Å². The van der Waals surface area contributed by atoms with E-state index in [0.29, 0.717) is 12.0 Å². The van der Waals surface area contributed by atoms with E-state index < -0.39 is 0 Å². The SMILES string of the molecule is CCCCNC(=NC)NCC(CC(C)C)N(C)C. The maximum Gasteiger partial charge on any atom is 0.191 e. The number of unbranched alkanes of at least 4 members (excludes halogenated alkanes) is 1. The third kappa shape index (κ3) is 8.34. The van der Waals surface area contributed by atoms with Crippen molar-refractivity contribution in [2.24, 2.45) is 10.9 Å². The lowest BCUT2D eigenvalue weighted by Gasteiger charge is -2.27. The number of rotatable bonds is 8. The molecule has 0 bridgehead atoms. The average molecular weight is 256 g/mol. The fourth-order valence-electron chi connectivity index (χ4n) is 1.84. The van der Waals surface area contributed by atoms with Gasteiger partial charge in [-0.3, -0.25) is 4.99 Å². The van der Waals surface area contributed by atoms with Crippen LogP contribution < -0.4 is 10.6 Å². The molecule has 0 aliphatic rings. The van der Waals surface area contributed by atoms with Gasteiger partial charge >= 0.3 is 0 Å². The quantitative estimate of drug-likeness (QED) is 0.396. The smallest absolute Gasteiger partial charge is 0.191 e. The molecular formula is C14H32N4. The topological polar surface area (TPSA) is 39.7 Å². The monoisotopic (exact) mass is 256 g/mol. The van der Waals surface area contributed by atoms with Crippen molar-refractivity contribution in [2.75, 3.05) is 34.2 Å². The maximum atomic E-state index is 4.25. The van der Waals surface area contributed by atoms with Gasteiger partial charge in [-0.2, -0.15) is 0 Å². The van der Waals surface area contributed by atoms with Crippen LogP contribution in [0.1, 0.15) is 40.0 Å². The van der Waals surface area contributed by atoms with Crippen LogP contribution in [-0.4, -0.2) is 51.1 Å². The molecule has 0 saturated heterocycles. The second-order valence-electron chi connectivity index (χ2n) is 5.48. The van der Waals surface area contributed by atoms with Crippen LogP contribution in [-0.2, 0) is 0 Å². The summed E-state index contributed by atoms with van der Waals surface area (Å²) in [6.07, 6.45) is 3.59. The predicted molar refractivity (Wildman–Crippen MR) is 81.2 cm³/mol. The second-order valence-corrected chi connectivity index (χ2v) is 5.48. The van der Waals surface area contributed by atoms with Gasteiger partial charge in [0.2, 0.25) is 0 Å². The molecule has 1 atom stereocenters. The highest BCUT2D eigenvalue weighted by atomic mass is 15.2. The Morgan fingerprint density at radius 1 is 1.22 bits per heavy atom. The van der Waals surface area contributed by atoms with E-state index in [1.165, 1.54) is 19.3 Å². The Bertz CT molecular complexity index is 224. The average Bonchev–Trinajstić information content (AvgIpc) is 2.31. The second kappa shape index (κ2) is 10.2. The lowest BCUT2D eigenvalue weighted by molar-refractivity contribution is 0.254. The van der Waals surface area contributed by atoms with Crippen molar-refractivity contribution in [3.63, 3.8) is 0 Å². The first-order chi connectivity index (χ1) is 8.51. The van der Waals surface area contributed by atoms with Crippen LogP contribution in [0.4, 0.5) is 0 Å². The Kier molecular flexibility index (Phi) is 9.74. The molecule has 2 N–H and O–H groups in total. The number of nitrogens with zero attached hydrogens (tertiary/aromatic N) is 2. The van der Waals surface area contributed by atoms with E-state index in [1.54, 1.807) is 0 Å². The third-order valence-corrected chi connectivity index (χ3v) is 3.03. The molecule has 4 heteroatoms. The van der Waals surface area contributed by atoms with Gasteiger partial charge in [-0.1, -0.05) is 27.2 Å². The van der Waals surface area contributed by atoms with Gasteiger partial charge in [0.1, 0.15) is 0 Å². The van der Waals surface area contributed by atoms with Crippen molar-refractivity contribution >= 4 is 5.96 Å². The number of hydrogen-bond donors (Lipinski definition) is 2. The van der Waals surface area contributed by atoms with E-state index in [2.05, 4.69) is 55.4 Å². The molecule has 108 valence electrons. The third-order valence-electron chi connectivity index (χ3n) is 3.03. The summed E-state index contributed by atoms with van der Waals surface area (Å²) in [5, 5.41) is 6.75. The first-order valence-electron chi connectivity index (χ1n) is 7.12. The fraction of sp³-hybridized carbons (Fsp3) is 0.929. The van der Waals surface area contributed by atoms with Gasteiger partial charge in [0.25, 0.3) is 0 Å². The van der Waals surface area contributed by atoms with Crippen LogP contribution in [0.2, 0.25) is 0 Å². The van der Waals surface area contributed by atoms with Crippen molar-refractivity contribution < 1.29 is 0 Å². The summed E-state index contributed by atoms with van der Waals surface area (Å²) < 4.78 is 0. The summed E-state index contributed by atoms with van der Waals surface area (Å²) >= 11 is 0. The molecule has 0 saturated carbocycles. The molecule has 0 fully saturated rings. The van der Waals surface area contributed by atoms with Crippen LogP contribution in [0.25, 0.3) is 0 Å². The van der Waals surface area contributed by atoms with E-state index in [9.17, 15) is 0 Å². The summed E-state index contributed by atoms with van der Waals surface area (Å²) in [6, 6.07) is 0.551. The summed E-state index contributed by atoms with van der Waals surface area (Å²) in [4.78, 5) is 6.53. The molecule has 0 spiro atoms. The van der Waals surface area contributed by atoms with Crippen molar-refractivity contribution in [3.05, 3.63) is 0 Å². The largest absolute Gasteiger partial charge is 0.356 e. The van der Waals surface area contributed by atoms with Gasteiger partial charge in [0.15, 0.2) is 5.96 Å². The molecule has 4 nitrogen and oxygen atoms in total. The first kappa shape index (κ1) is 17.2. The van der Waals surface area contributed by atoms with Gasteiger partial charge in [-0.25, -0.2) is 0 Å². The van der Waals surface area contributed by atoms with Crippen LogP contribution >= 0.6 is 0 Å². The minimum absolute atomic E-state index is 0.551. The molecule has 0 aliphatic heterocycles. The summed E-state index contributed by atoms with van der Waals surface area (Å²) in [5.74, 6) is 1.63. The van der Waals surface area contributed by atoms with E-state index in [1.807, 2.05) is 7.05 Å². The van der Waals surface area contributed by atoms with Gasteiger partial charge in [0.05, 0.1) is 0 Å². The molecule has 0 rings (SSSR count). The molecule has 1 unspecified atom stereocenters. The fourth-order valence-corrected chi connectivity index (χ4v) is 1.84. The summed E-state index contributed by atoms with van der Waals surface area (Å²) in [6.45, 7) is 8.67. The highest BCUT2D eigenvalue weighted by Crippen LogP contribution is 2.07. The number of hydrogen-bond acceptors (Lipinski definition) is 2. The van der Waals surface area contributed by atoms with Crippen molar-refractivity contribution in [1.82, 2.24) is 15.5 Å². The zero-order valence-electron chi connectivity index (χ0n) is 13.1. The first-order valence-corrected chi connectivity index (χ1v) is 7.12. The Hall–Kier alpha value is -0.770. The Morgan fingerprint density at radius 3 is 2.33 bits per heavy atom. The van der Waals surface area contributed by atoms with E-state index in [0.717, 1.165) is 19.0 Å². The van der Waals surface area contributed by atoms with Crippen LogP contribution in [0.5, 0.6) is 0 Å². The molecule has 0 aromatic carbocycles. The lowest BCUT2D eigenvalue weighted by Crippen LogP contribution is -2.45. The van der Waals surface area contributed by atoms with Crippen LogP contribution in [0.3, 0.4) is 0 Å². The van der Waals surface area contributed by atoms with E-state index in [4.69, 9.17) is 0 Å². The standard InChI is InChI=1S/C14H32N4/c1-7-8-9-16-14(15-4)17-11-13(18(5)6)10-12(2)3/h12-13H,7-11H2,1-6H3,(H2,15,16,17). The van der Waals surface area contributed by atoms with E-state index in [-0.39, 0.29) is 0 Å². The minimum atomic E-state index is 0.551. The van der Waals surface area contributed by atoms with Gasteiger partial charge in [0, 0.05) is 26.2 Å². The zero-order chi connectivity index (χ0) is 14.0. The normalized spacial score (nSPS) is 14.1. The number of aliphatic imine (C=N–C) groups is 1. The van der Waals surface area contributed by atoms with Crippen LogP contribution in [0, 0.1) is 5.92 Å². The molecule has 0 radical (unpaired) electrons. The summed E-state index contributed by atoms with van der Waals surface area (Å²) in [7, 11) is 6.11. The molecule has 0 aliphatic carbocycles. The number of guanidine groups is 1.